The molecule has 10 heteroatoms. The zero-order valence-electron chi connectivity index (χ0n) is 13.0. The van der Waals surface area contributed by atoms with Crippen molar-refractivity contribution in [3.8, 4) is 0 Å². The number of benzene rings is 1. The van der Waals surface area contributed by atoms with Crippen LogP contribution in [-0.2, 0) is 9.59 Å². The summed E-state index contributed by atoms with van der Waals surface area (Å²) in [5, 5.41) is 4.27. The Morgan fingerprint density at radius 3 is 2.72 bits per heavy atom. The minimum atomic E-state index is -2.74. The summed E-state index contributed by atoms with van der Waals surface area (Å²) in [6.45, 7) is 0.0199. The lowest BCUT2D eigenvalue weighted by Crippen LogP contribution is -2.42. The maximum Gasteiger partial charge on any atom is 0.261 e. The van der Waals surface area contributed by atoms with Crippen LogP contribution in [0.2, 0.25) is 10.0 Å². The highest BCUT2D eigenvalue weighted by molar-refractivity contribution is 6.42. The van der Waals surface area contributed by atoms with E-state index >= 15 is 0 Å². The van der Waals surface area contributed by atoms with Gasteiger partial charge in [0, 0.05) is 19.5 Å². The number of hydrogen-bond acceptors (Lipinski definition) is 3. The van der Waals surface area contributed by atoms with E-state index < -0.39 is 23.7 Å². The van der Waals surface area contributed by atoms with Crippen molar-refractivity contribution in [2.45, 2.75) is 24.8 Å². The van der Waals surface area contributed by atoms with Gasteiger partial charge in [-0.25, -0.2) is 13.2 Å². The highest BCUT2D eigenvalue weighted by Gasteiger charge is 2.38. The maximum atomic E-state index is 14.0. The first-order chi connectivity index (χ1) is 11.7. The van der Waals surface area contributed by atoms with E-state index in [1.807, 2.05) is 0 Å². The Kier molecular flexibility index (Phi) is 6.53. The molecule has 2 rings (SSSR count). The molecule has 0 unspecified atom stereocenters. The number of amides is 2. The molecule has 0 aliphatic carbocycles. The molecule has 1 atom stereocenters. The smallest absolute Gasteiger partial charge is 0.261 e. The van der Waals surface area contributed by atoms with E-state index in [0.29, 0.717) is 6.41 Å². The first kappa shape index (κ1) is 19.8. The number of nitrogens with zero attached hydrogens (tertiary/aromatic N) is 1. The first-order valence-electron chi connectivity index (χ1n) is 7.48. The fourth-order valence-corrected chi connectivity index (χ4v) is 2.83. The van der Waals surface area contributed by atoms with Gasteiger partial charge >= 0.3 is 0 Å². The third-order valence-electron chi connectivity index (χ3n) is 3.86. The minimum absolute atomic E-state index is 0.00491. The van der Waals surface area contributed by atoms with E-state index in [1.165, 1.54) is 17.0 Å². The molecular weight excluding hydrogens is 382 g/mol. The van der Waals surface area contributed by atoms with Gasteiger partial charge in [0.2, 0.25) is 12.3 Å². The monoisotopic (exact) mass is 397 g/mol. The van der Waals surface area contributed by atoms with Gasteiger partial charge in [-0.3, -0.25) is 14.5 Å². The molecule has 0 radical (unpaired) electrons. The number of nitrogens with one attached hydrogen (secondary N) is 2. The van der Waals surface area contributed by atoms with Crippen LogP contribution in [0.5, 0.6) is 0 Å². The predicted octanol–water partition coefficient (Wildman–Crippen LogP) is 2.92. The second-order valence-electron chi connectivity index (χ2n) is 5.72. The summed E-state index contributed by atoms with van der Waals surface area (Å²) in [7, 11) is 0. The molecule has 5 nitrogen and oxygen atoms in total. The zero-order valence-corrected chi connectivity index (χ0v) is 14.5. The van der Waals surface area contributed by atoms with Crippen LogP contribution >= 0.6 is 23.2 Å². The summed E-state index contributed by atoms with van der Waals surface area (Å²) in [5.74, 6) is -4.32. The van der Waals surface area contributed by atoms with Crippen LogP contribution in [0.15, 0.2) is 12.1 Å². The SMILES string of the molecule is O=CN[C@@H](CCN1CCC(F)(F)C1)C(=O)Nc1ccc(Cl)c(Cl)c1F. The number of carbonyl (C=O) groups excluding carboxylic acids is 2. The molecule has 1 aliphatic heterocycles. The van der Waals surface area contributed by atoms with Gasteiger partial charge in [-0.05, 0) is 18.6 Å². The fraction of sp³-hybridized carbons (Fsp3) is 0.467. The number of alkyl halides is 2. The summed E-state index contributed by atoms with van der Waals surface area (Å²) < 4.78 is 40.3. The summed E-state index contributed by atoms with van der Waals surface area (Å²) in [6.07, 6.45) is 0.192. The van der Waals surface area contributed by atoms with E-state index in [2.05, 4.69) is 10.6 Å². The van der Waals surface area contributed by atoms with Crippen LogP contribution in [0.25, 0.3) is 0 Å². The lowest BCUT2D eigenvalue weighted by Gasteiger charge is -2.20. The van der Waals surface area contributed by atoms with Crippen LogP contribution in [0.3, 0.4) is 0 Å². The average Bonchev–Trinajstić information content (AvgIpc) is 2.91. The second-order valence-corrected chi connectivity index (χ2v) is 6.51. The van der Waals surface area contributed by atoms with Crippen LogP contribution in [-0.4, -0.2) is 48.8 Å². The Balaban J connectivity index is 1.98. The molecule has 0 saturated carbocycles. The molecule has 2 N–H and O–H groups in total. The zero-order chi connectivity index (χ0) is 18.6. The molecule has 25 heavy (non-hydrogen) atoms. The number of hydrogen-bond donors (Lipinski definition) is 2. The van der Waals surface area contributed by atoms with Crippen molar-refractivity contribution in [3.05, 3.63) is 28.0 Å². The molecule has 1 aliphatic rings. The number of rotatable bonds is 7. The molecular formula is C15H16Cl2F3N3O2. The van der Waals surface area contributed by atoms with Crippen molar-refractivity contribution in [2.75, 3.05) is 25.0 Å². The van der Waals surface area contributed by atoms with Gasteiger partial charge < -0.3 is 10.6 Å². The lowest BCUT2D eigenvalue weighted by molar-refractivity contribution is -0.121. The molecule has 138 valence electrons. The van der Waals surface area contributed by atoms with Gasteiger partial charge in [-0.15, -0.1) is 0 Å². The predicted molar refractivity (Wildman–Crippen MR) is 88.7 cm³/mol. The van der Waals surface area contributed by atoms with Crippen molar-refractivity contribution in [2.24, 2.45) is 0 Å². The van der Waals surface area contributed by atoms with Crippen molar-refractivity contribution < 1.29 is 22.8 Å². The first-order valence-corrected chi connectivity index (χ1v) is 8.23. The largest absolute Gasteiger partial charge is 0.347 e. The van der Waals surface area contributed by atoms with Crippen LogP contribution in [0.1, 0.15) is 12.8 Å². The van der Waals surface area contributed by atoms with E-state index in [9.17, 15) is 22.8 Å². The van der Waals surface area contributed by atoms with Gasteiger partial charge in [0.05, 0.1) is 22.3 Å². The minimum Gasteiger partial charge on any atom is -0.347 e. The normalized spacial score (nSPS) is 18.0. The highest BCUT2D eigenvalue weighted by Crippen LogP contribution is 2.30. The molecule has 2 amide bonds. The number of likely N-dealkylation sites (tertiary alicyclic amines) is 1. The number of anilines is 1. The Morgan fingerprint density at radius 2 is 2.12 bits per heavy atom. The standard InChI is InChI=1S/C15H16Cl2F3N3O2/c16-9-1-2-10(13(18)12(9)17)22-14(25)11(21-8-24)3-5-23-6-4-15(19,20)7-23/h1-2,8,11H,3-7H2,(H,21,24)(H,22,25)/t11-/m0/s1. The molecule has 1 fully saturated rings. The Morgan fingerprint density at radius 1 is 1.40 bits per heavy atom. The number of carbonyl (C=O) groups is 2. The van der Waals surface area contributed by atoms with Gasteiger partial charge in [-0.2, -0.15) is 0 Å². The molecule has 0 spiro atoms. The van der Waals surface area contributed by atoms with Crippen molar-refractivity contribution in [3.63, 3.8) is 0 Å². The Bertz CT molecular complexity index is 661. The molecule has 1 aromatic rings. The Labute approximate surface area is 152 Å². The highest BCUT2D eigenvalue weighted by atomic mass is 35.5. The summed E-state index contributed by atoms with van der Waals surface area (Å²) in [6, 6.07) is 1.55. The fourth-order valence-electron chi connectivity index (χ4n) is 2.52. The lowest BCUT2D eigenvalue weighted by atomic mass is 10.1. The van der Waals surface area contributed by atoms with Gasteiger partial charge in [-0.1, -0.05) is 23.2 Å². The van der Waals surface area contributed by atoms with Crippen molar-refractivity contribution in [1.29, 1.82) is 0 Å². The van der Waals surface area contributed by atoms with Crippen molar-refractivity contribution >= 4 is 41.2 Å². The van der Waals surface area contributed by atoms with Gasteiger partial charge in [0.25, 0.3) is 5.92 Å². The topological polar surface area (TPSA) is 61.4 Å². The van der Waals surface area contributed by atoms with E-state index in [1.54, 1.807) is 0 Å². The summed E-state index contributed by atoms with van der Waals surface area (Å²) >= 11 is 11.3. The number of halogens is 5. The third kappa shape index (κ3) is 5.23. The van der Waals surface area contributed by atoms with Crippen LogP contribution < -0.4 is 10.6 Å². The molecule has 1 aromatic carbocycles. The van der Waals surface area contributed by atoms with Gasteiger partial charge in [0.1, 0.15) is 6.04 Å². The molecule has 0 aromatic heterocycles. The quantitative estimate of drug-likeness (QED) is 0.549. The van der Waals surface area contributed by atoms with Crippen LogP contribution in [0.4, 0.5) is 18.9 Å². The van der Waals surface area contributed by atoms with Crippen LogP contribution in [0, 0.1) is 5.82 Å². The van der Waals surface area contributed by atoms with Crippen molar-refractivity contribution in [1.82, 2.24) is 10.2 Å². The molecule has 1 saturated heterocycles. The van der Waals surface area contributed by atoms with Gasteiger partial charge in [0.15, 0.2) is 5.82 Å². The second kappa shape index (κ2) is 8.25. The van der Waals surface area contributed by atoms with E-state index in [-0.39, 0.29) is 48.2 Å². The maximum absolute atomic E-state index is 14.0. The molecule has 0 bridgehead atoms. The van der Waals surface area contributed by atoms with E-state index in [4.69, 9.17) is 23.2 Å². The summed E-state index contributed by atoms with van der Waals surface area (Å²) in [5.41, 5.74) is -0.190. The average molecular weight is 398 g/mol. The Hall–Kier alpha value is -1.51. The molecule has 1 heterocycles. The third-order valence-corrected chi connectivity index (χ3v) is 4.64. The summed E-state index contributed by atoms with van der Waals surface area (Å²) in [4.78, 5) is 24.4. The van der Waals surface area contributed by atoms with E-state index in [0.717, 1.165) is 0 Å².